The Morgan fingerprint density at radius 1 is 1.12 bits per heavy atom. The second-order valence-corrected chi connectivity index (χ2v) is 13.0. The number of likely N-dealkylation sites (tertiary alicyclic amines) is 1. The summed E-state index contributed by atoms with van der Waals surface area (Å²) in [5.41, 5.74) is 0.136. The minimum atomic E-state index is -1.20. The number of hydrogen-bond donors (Lipinski definition) is 1. The van der Waals surface area contributed by atoms with Crippen LogP contribution >= 0.6 is 0 Å². The van der Waals surface area contributed by atoms with Crippen LogP contribution in [0.25, 0.3) is 0 Å². The minimum Gasteiger partial charge on any atom is -0.369 e. The molecule has 3 saturated heterocycles. The van der Waals surface area contributed by atoms with Crippen molar-refractivity contribution in [2.24, 2.45) is 11.8 Å². The second-order valence-electron chi connectivity index (χ2n) is 13.0. The Bertz CT molecular complexity index is 1030. The zero-order valence-electron chi connectivity index (χ0n) is 24.0. The summed E-state index contributed by atoms with van der Waals surface area (Å²) in [6.45, 7) is 11.1. The van der Waals surface area contributed by atoms with Crippen LogP contribution in [0.1, 0.15) is 52.4 Å². The number of piperazine rings is 1. The van der Waals surface area contributed by atoms with Crippen molar-refractivity contribution in [1.82, 2.24) is 24.9 Å². The van der Waals surface area contributed by atoms with Gasteiger partial charge in [0.05, 0.1) is 42.0 Å². The number of nitrogens with zero attached hydrogens (tertiary/aromatic N) is 5. The van der Waals surface area contributed by atoms with Crippen molar-refractivity contribution < 1.29 is 18.7 Å². The topological polar surface area (TPSA) is 92.2 Å². The molecule has 8 atom stereocenters. The quantitative estimate of drug-likeness (QED) is 0.493. The molecule has 0 bridgehead atoms. The monoisotopic (exact) mass is 556 g/mol. The number of ketones is 1. The number of amides is 1. The van der Waals surface area contributed by atoms with Crippen LogP contribution < -0.4 is 5.32 Å². The summed E-state index contributed by atoms with van der Waals surface area (Å²) in [4.78, 5) is 36.3. The van der Waals surface area contributed by atoms with Crippen LogP contribution in [0.2, 0.25) is 0 Å². The van der Waals surface area contributed by atoms with Crippen LogP contribution in [0.15, 0.2) is 11.8 Å². The van der Waals surface area contributed by atoms with E-state index in [0.717, 1.165) is 58.7 Å². The number of ether oxygens (including phenoxy) is 1. The lowest BCUT2D eigenvalue weighted by Crippen LogP contribution is -2.74. The molecule has 6 rings (SSSR count). The molecule has 0 aromatic heterocycles. The van der Waals surface area contributed by atoms with Gasteiger partial charge in [-0.1, -0.05) is 0 Å². The fourth-order valence-corrected chi connectivity index (χ4v) is 8.27. The number of carbonyl (C=O) groups is 2. The molecular weight excluding hydrogens is 511 g/mol. The molecule has 10 heteroatoms. The molecule has 1 amide bonds. The molecule has 9 nitrogen and oxygen atoms in total. The van der Waals surface area contributed by atoms with E-state index < -0.39 is 24.2 Å². The molecule has 0 spiro atoms. The van der Waals surface area contributed by atoms with Crippen LogP contribution in [0.3, 0.4) is 0 Å². The smallest absolute Gasteiger partial charge is 0.256 e. The van der Waals surface area contributed by atoms with Gasteiger partial charge in [-0.25, -0.2) is 4.39 Å². The Kier molecular flexibility index (Phi) is 8.19. The van der Waals surface area contributed by atoms with Crippen molar-refractivity contribution >= 4 is 11.7 Å². The standard InChI is InChI=1S/C30H45FN6O3/c1-19(2)35-11-13-36(14-12-35)27-23(31)16-21-26-29(27)40-25-6-5-20(17-32)15-24(25)37(26)18-22(28(21)38)30(39)33-7-10-34-8-3-4-9-34/h18-21,23-27,29H,3-16H2,1-2H3,(H,33,39). The van der Waals surface area contributed by atoms with Crippen molar-refractivity contribution in [3.63, 3.8) is 0 Å². The number of carbonyl (C=O) groups excluding carboxylic acids is 2. The highest BCUT2D eigenvalue weighted by atomic mass is 19.1. The average molecular weight is 557 g/mol. The van der Waals surface area contributed by atoms with Crippen molar-refractivity contribution in [1.29, 1.82) is 5.26 Å². The second kappa shape index (κ2) is 11.7. The van der Waals surface area contributed by atoms with Gasteiger partial charge in [-0.2, -0.15) is 5.26 Å². The van der Waals surface area contributed by atoms with Gasteiger partial charge >= 0.3 is 0 Å². The summed E-state index contributed by atoms with van der Waals surface area (Å²) in [7, 11) is 0. The van der Waals surface area contributed by atoms with E-state index in [-0.39, 0.29) is 47.8 Å². The number of rotatable bonds is 6. The van der Waals surface area contributed by atoms with Crippen molar-refractivity contribution in [2.45, 2.75) is 94.9 Å². The molecule has 0 radical (unpaired) electrons. The maximum absolute atomic E-state index is 16.2. The fourth-order valence-electron chi connectivity index (χ4n) is 8.27. The molecule has 1 N–H and O–H groups in total. The third kappa shape index (κ3) is 5.19. The first-order valence-corrected chi connectivity index (χ1v) is 15.6. The van der Waals surface area contributed by atoms with Crippen LogP contribution in [0, 0.1) is 23.2 Å². The predicted octanol–water partition coefficient (Wildman–Crippen LogP) is 1.55. The van der Waals surface area contributed by atoms with E-state index in [1.54, 1.807) is 6.20 Å². The first-order chi connectivity index (χ1) is 19.4. The van der Waals surface area contributed by atoms with Crippen LogP contribution in [-0.4, -0.2) is 126 Å². The first kappa shape index (κ1) is 28.1. The number of nitriles is 1. The molecule has 6 aliphatic rings. The average Bonchev–Trinajstić information content (AvgIpc) is 3.47. The number of Topliss-reactive ketones (excluding diaryl/α,β-unsaturated/α-hetero) is 1. The van der Waals surface area contributed by atoms with Crippen LogP contribution in [-0.2, 0) is 14.3 Å². The summed E-state index contributed by atoms with van der Waals surface area (Å²) in [5.74, 6) is -1.33. The van der Waals surface area contributed by atoms with E-state index >= 15 is 4.39 Å². The summed E-state index contributed by atoms with van der Waals surface area (Å²) in [5, 5.41) is 12.7. The first-order valence-electron chi connectivity index (χ1n) is 15.6. The summed E-state index contributed by atoms with van der Waals surface area (Å²) in [6.07, 6.45) is 4.58. The molecule has 4 aliphatic heterocycles. The summed E-state index contributed by atoms with van der Waals surface area (Å²) >= 11 is 0. The van der Waals surface area contributed by atoms with Gasteiger partial charge in [0, 0.05) is 63.3 Å². The SMILES string of the molecule is CC(C)N1CCN(C2C(F)CC3C(=O)C(C(=O)NCCN4CCCC4)=CN4C5CC(C#N)CCC5OC2C34)CC1. The maximum Gasteiger partial charge on any atom is 0.256 e. The highest BCUT2D eigenvalue weighted by Crippen LogP contribution is 2.47. The van der Waals surface area contributed by atoms with Gasteiger partial charge in [-0.15, -0.1) is 0 Å². The number of halogens is 1. The lowest BCUT2D eigenvalue weighted by Gasteiger charge is -2.61. The lowest BCUT2D eigenvalue weighted by molar-refractivity contribution is -0.215. The van der Waals surface area contributed by atoms with Gasteiger partial charge in [0.1, 0.15) is 6.17 Å². The Morgan fingerprint density at radius 2 is 1.88 bits per heavy atom. The van der Waals surface area contributed by atoms with Crippen molar-refractivity contribution in [3.05, 3.63) is 11.8 Å². The lowest BCUT2D eigenvalue weighted by atomic mass is 9.68. The van der Waals surface area contributed by atoms with E-state index in [1.165, 1.54) is 12.8 Å². The van der Waals surface area contributed by atoms with E-state index in [1.807, 2.05) is 0 Å². The highest BCUT2D eigenvalue weighted by molar-refractivity contribution is 6.20. The van der Waals surface area contributed by atoms with E-state index in [9.17, 15) is 14.9 Å². The molecule has 0 aromatic rings. The predicted molar refractivity (Wildman–Crippen MR) is 148 cm³/mol. The third-order valence-electron chi connectivity index (χ3n) is 10.5. The van der Waals surface area contributed by atoms with E-state index in [4.69, 9.17) is 4.74 Å². The van der Waals surface area contributed by atoms with Gasteiger partial charge in [0.25, 0.3) is 5.91 Å². The molecule has 8 unspecified atom stereocenters. The molecule has 40 heavy (non-hydrogen) atoms. The zero-order chi connectivity index (χ0) is 28.0. The molecular formula is C30H45FN6O3. The largest absolute Gasteiger partial charge is 0.369 e. The van der Waals surface area contributed by atoms with Crippen molar-refractivity contribution in [3.8, 4) is 6.07 Å². The molecule has 2 saturated carbocycles. The molecule has 2 aliphatic carbocycles. The maximum atomic E-state index is 16.2. The van der Waals surface area contributed by atoms with Gasteiger partial charge in [0.15, 0.2) is 5.78 Å². The Hall–Kier alpha value is -2.06. The minimum absolute atomic E-state index is 0.0824. The Balaban J connectivity index is 1.26. The van der Waals surface area contributed by atoms with Gasteiger partial charge in [0.2, 0.25) is 0 Å². The molecule has 220 valence electrons. The number of nitrogens with one attached hydrogen (secondary N) is 1. The summed E-state index contributed by atoms with van der Waals surface area (Å²) < 4.78 is 23.0. The number of fused-ring (bicyclic) bond motifs is 2. The zero-order valence-corrected chi connectivity index (χ0v) is 24.0. The number of alkyl halides is 1. The fraction of sp³-hybridized carbons (Fsp3) is 0.833. The van der Waals surface area contributed by atoms with E-state index in [2.05, 4.69) is 44.8 Å². The summed E-state index contributed by atoms with van der Waals surface area (Å²) in [6, 6.07) is 2.08. The Labute approximate surface area is 237 Å². The molecule has 4 heterocycles. The third-order valence-corrected chi connectivity index (χ3v) is 10.5. The van der Waals surface area contributed by atoms with Crippen LogP contribution in [0.4, 0.5) is 4.39 Å². The van der Waals surface area contributed by atoms with Crippen molar-refractivity contribution in [2.75, 3.05) is 52.4 Å². The molecule has 5 fully saturated rings. The number of morpholine rings is 1. The normalized spacial score (nSPS) is 38.9. The van der Waals surface area contributed by atoms with E-state index in [0.29, 0.717) is 19.0 Å². The highest BCUT2D eigenvalue weighted by Gasteiger charge is 2.60. The van der Waals surface area contributed by atoms with Crippen LogP contribution in [0.5, 0.6) is 0 Å². The van der Waals surface area contributed by atoms with Gasteiger partial charge in [-0.3, -0.25) is 19.4 Å². The van der Waals surface area contributed by atoms with Gasteiger partial charge in [-0.05, 0) is 65.5 Å². The number of hydrogen-bond acceptors (Lipinski definition) is 8. The Morgan fingerprint density at radius 3 is 2.58 bits per heavy atom. The van der Waals surface area contributed by atoms with Gasteiger partial charge < -0.3 is 19.9 Å². The molecule has 0 aromatic carbocycles.